The number of urea groups is 1. The third-order valence-corrected chi connectivity index (χ3v) is 3.64. The van der Waals surface area contributed by atoms with Gasteiger partial charge in [0.25, 0.3) is 0 Å². The Morgan fingerprint density at radius 1 is 1.40 bits per heavy atom. The van der Waals surface area contributed by atoms with Gasteiger partial charge >= 0.3 is 6.03 Å². The van der Waals surface area contributed by atoms with Gasteiger partial charge in [0.2, 0.25) is 0 Å². The number of anilines is 1. The zero-order chi connectivity index (χ0) is 14.6. The van der Waals surface area contributed by atoms with E-state index in [2.05, 4.69) is 46.9 Å². The summed E-state index contributed by atoms with van der Waals surface area (Å²) in [5.41, 5.74) is 1.00. The number of rotatable bonds is 3. The van der Waals surface area contributed by atoms with Gasteiger partial charge in [-0.05, 0) is 31.8 Å². The molecule has 112 valence electrons. The van der Waals surface area contributed by atoms with Gasteiger partial charge in [0.1, 0.15) is 0 Å². The Kier molecular flexibility index (Phi) is 4.65. The van der Waals surface area contributed by atoms with Crippen LogP contribution in [-0.4, -0.2) is 35.9 Å². The molecule has 2 rings (SSSR count). The highest BCUT2D eigenvalue weighted by Crippen LogP contribution is 2.21. The first-order valence-electron chi connectivity index (χ1n) is 7.26. The topological polar surface area (TPSA) is 81.8 Å². The molecule has 0 spiro atoms. The zero-order valence-corrected chi connectivity index (χ0v) is 12.5. The maximum Gasteiger partial charge on any atom is 0.320 e. The first-order valence-corrected chi connectivity index (χ1v) is 7.26. The minimum Gasteiger partial charge on any atom is -0.338 e. The van der Waals surface area contributed by atoms with Crippen LogP contribution in [0.4, 0.5) is 10.6 Å². The zero-order valence-electron chi connectivity index (χ0n) is 12.5. The molecule has 0 unspecified atom stereocenters. The summed E-state index contributed by atoms with van der Waals surface area (Å²) in [4.78, 5) is 11.8. The van der Waals surface area contributed by atoms with Crippen LogP contribution < -0.4 is 16.0 Å². The summed E-state index contributed by atoms with van der Waals surface area (Å²) in [6.07, 6.45) is 2.24. The van der Waals surface area contributed by atoms with Crippen LogP contribution in [-0.2, 0) is 5.41 Å². The molecule has 0 aromatic carbocycles. The van der Waals surface area contributed by atoms with Crippen molar-refractivity contribution in [3.05, 3.63) is 11.8 Å². The molecule has 1 saturated heterocycles. The monoisotopic (exact) mass is 279 g/mol. The van der Waals surface area contributed by atoms with E-state index in [1.165, 1.54) is 0 Å². The fraction of sp³-hybridized carbons (Fsp3) is 0.714. The molecule has 6 nitrogen and oxygen atoms in total. The van der Waals surface area contributed by atoms with Crippen LogP contribution >= 0.6 is 0 Å². The van der Waals surface area contributed by atoms with Crippen LogP contribution in [0.1, 0.15) is 39.3 Å². The van der Waals surface area contributed by atoms with E-state index < -0.39 is 0 Å². The molecule has 1 aliphatic heterocycles. The predicted octanol–water partition coefficient (Wildman–Crippen LogP) is 1.83. The van der Waals surface area contributed by atoms with E-state index in [9.17, 15) is 4.79 Å². The largest absolute Gasteiger partial charge is 0.338 e. The Labute approximate surface area is 120 Å². The lowest BCUT2D eigenvalue weighted by molar-refractivity contribution is 0.248. The molecule has 4 N–H and O–H groups in total. The first kappa shape index (κ1) is 14.8. The molecule has 1 aliphatic rings. The third-order valence-electron chi connectivity index (χ3n) is 3.64. The average molecular weight is 279 g/mol. The lowest BCUT2D eigenvalue weighted by Crippen LogP contribution is -2.37. The molecule has 0 bridgehead atoms. The number of carbonyl (C=O) groups is 1. The molecule has 0 saturated carbocycles. The summed E-state index contributed by atoms with van der Waals surface area (Å²) < 4.78 is 0. The summed E-state index contributed by atoms with van der Waals surface area (Å²) in [6, 6.07) is 1.69. The third kappa shape index (κ3) is 4.23. The highest BCUT2D eigenvalue weighted by molar-refractivity contribution is 5.88. The SMILES string of the molecule is CC(C)(C)c1cc(NC(=O)NCC2CCNCC2)n[nH]1. The second kappa shape index (κ2) is 6.26. The minimum absolute atomic E-state index is 0.00148. The van der Waals surface area contributed by atoms with Crippen LogP contribution in [0.15, 0.2) is 6.07 Å². The highest BCUT2D eigenvalue weighted by Gasteiger charge is 2.18. The summed E-state index contributed by atoms with van der Waals surface area (Å²) in [5, 5.41) is 16.1. The van der Waals surface area contributed by atoms with Crippen molar-refractivity contribution in [1.82, 2.24) is 20.8 Å². The second-order valence-electron chi connectivity index (χ2n) is 6.45. The van der Waals surface area contributed by atoms with Crippen LogP contribution in [0.2, 0.25) is 0 Å². The summed E-state index contributed by atoms with van der Waals surface area (Å²) in [6.45, 7) is 9.11. The van der Waals surface area contributed by atoms with E-state index in [1.54, 1.807) is 0 Å². The molecule has 2 amide bonds. The maximum atomic E-state index is 11.8. The van der Waals surface area contributed by atoms with Gasteiger partial charge in [-0.1, -0.05) is 20.8 Å². The van der Waals surface area contributed by atoms with Gasteiger partial charge in [0, 0.05) is 23.7 Å². The van der Waals surface area contributed by atoms with Crippen LogP contribution in [0.3, 0.4) is 0 Å². The number of carbonyl (C=O) groups excluding carboxylic acids is 1. The predicted molar refractivity (Wildman–Crippen MR) is 79.9 cm³/mol. The van der Waals surface area contributed by atoms with Crippen molar-refractivity contribution >= 4 is 11.8 Å². The van der Waals surface area contributed by atoms with Crippen molar-refractivity contribution in [2.75, 3.05) is 25.0 Å². The molecule has 1 fully saturated rings. The fourth-order valence-corrected chi connectivity index (χ4v) is 2.25. The van der Waals surface area contributed by atoms with Gasteiger partial charge in [-0.25, -0.2) is 4.79 Å². The lowest BCUT2D eigenvalue weighted by Gasteiger charge is -2.22. The Morgan fingerprint density at radius 2 is 2.10 bits per heavy atom. The quantitative estimate of drug-likeness (QED) is 0.681. The van der Waals surface area contributed by atoms with Crippen molar-refractivity contribution in [1.29, 1.82) is 0 Å². The van der Waals surface area contributed by atoms with E-state index >= 15 is 0 Å². The van der Waals surface area contributed by atoms with Gasteiger partial charge in [-0.15, -0.1) is 0 Å². The van der Waals surface area contributed by atoms with E-state index in [1.807, 2.05) is 6.07 Å². The molecule has 0 aliphatic carbocycles. The minimum atomic E-state index is -0.185. The Hall–Kier alpha value is -1.56. The number of hydrogen-bond donors (Lipinski definition) is 4. The van der Waals surface area contributed by atoms with Crippen LogP contribution in [0.25, 0.3) is 0 Å². The normalized spacial score (nSPS) is 16.9. The Bertz CT molecular complexity index is 443. The van der Waals surface area contributed by atoms with E-state index in [0.29, 0.717) is 11.7 Å². The number of nitrogens with one attached hydrogen (secondary N) is 4. The molecule has 0 radical (unpaired) electrons. The molecule has 0 atom stereocenters. The van der Waals surface area contributed by atoms with E-state index in [4.69, 9.17) is 0 Å². The van der Waals surface area contributed by atoms with Gasteiger partial charge < -0.3 is 10.6 Å². The molecule has 1 aromatic rings. The number of nitrogens with zero attached hydrogens (tertiary/aromatic N) is 1. The maximum absolute atomic E-state index is 11.8. The van der Waals surface area contributed by atoms with Crippen molar-refractivity contribution in [2.24, 2.45) is 5.92 Å². The molecule has 1 aromatic heterocycles. The molecule has 20 heavy (non-hydrogen) atoms. The highest BCUT2D eigenvalue weighted by atomic mass is 16.2. The van der Waals surface area contributed by atoms with Crippen molar-refractivity contribution in [2.45, 2.75) is 39.0 Å². The van der Waals surface area contributed by atoms with Gasteiger partial charge in [-0.2, -0.15) is 5.10 Å². The molecular weight excluding hydrogens is 254 g/mol. The lowest BCUT2D eigenvalue weighted by atomic mass is 9.92. The number of H-pyrrole nitrogens is 1. The van der Waals surface area contributed by atoms with Crippen LogP contribution in [0, 0.1) is 5.92 Å². The first-order chi connectivity index (χ1) is 9.45. The van der Waals surface area contributed by atoms with Gasteiger partial charge in [0.15, 0.2) is 5.82 Å². The smallest absolute Gasteiger partial charge is 0.320 e. The number of amides is 2. The average Bonchev–Trinajstić information content (AvgIpc) is 2.86. The second-order valence-corrected chi connectivity index (χ2v) is 6.45. The van der Waals surface area contributed by atoms with Crippen molar-refractivity contribution in [3.63, 3.8) is 0 Å². The molecular formula is C14H25N5O. The molecule has 6 heteroatoms. The standard InChI is InChI=1S/C14H25N5O/c1-14(2,3)11-8-12(19-18-11)17-13(20)16-9-10-4-6-15-7-5-10/h8,10,15H,4-7,9H2,1-3H3,(H3,16,17,18,19,20). The van der Waals surface area contributed by atoms with E-state index in [0.717, 1.165) is 38.2 Å². The Morgan fingerprint density at radius 3 is 2.70 bits per heavy atom. The molecule has 2 heterocycles. The van der Waals surface area contributed by atoms with Gasteiger partial charge in [-0.3, -0.25) is 10.4 Å². The number of hydrogen-bond acceptors (Lipinski definition) is 3. The van der Waals surface area contributed by atoms with Gasteiger partial charge in [0.05, 0.1) is 0 Å². The summed E-state index contributed by atoms with van der Waals surface area (Å²) >= 11 is 0. The number of piperidine rings is 1. The number of aromatic nitrogens is 2. The van der Waals surface area contributed by atoms with E-state index in [-0.39, 0.29) is 11.4 Å². The van der Waals surface area contributed by atoms with Crippen molar-refractivity contribution in [3.8, 4) is 0 Å². The van der Waals surface area contributed by atoms with Crippen LogP contribution in [0.5, 0.6) is 0 Å². The summed E-state index contributed by atoms with van der Waals surface area (Å²) in [7, 11) is 0. The van der Waals surface area contributed by atoms with Crippen molar-refractivity contribution < 1.29 is 4.79 Å². The Balaban J connectivity index is 1.77. The number of aromatic amines is 1. The summed E-state index contributed by atoms with van der Waals surface area (Å²) in [5.74, 6) is 1.14. The fourth-order valence-electron chi connectivity index (χ4n) is 2.25.